The molecule has 0 spiro atoms. The van der Waals surface area contributed by atoms with Crippen molar-refractivity contribution >= 4 is 5.91 Å². The number of fused-ring (bicyclic) bond motifs is 2. The van der Waals surface area contributed by atoms with Crippen LogP contribution >= 0.6 is 0 Å². The van der Waals surface area contributed by atoms with Crippen molar-refractivity contribution in [2.24, 2.45) is 5.92 Å². The monoisotopic (exact) mass is 212 g/mol. The number of hydrogen-bond donors (Lipinski definition) is 3. The average Bonchev–Trinajstić information content (AvgIpc) is 2.87. The van der Waals surface area contributed by atoms with E-state index >= 15 is 0 Å². The Morgan fingerprint density at radius 1 is 1.60 bits per heavy atom. The summed E-state index contributed by atoms with van der Waals surface area (Å²) in [6.07, 6.45) is 4.10. The van der Waals surface area contributed by atoms with Crippen molar-refractivity contribution in [3.8, 4) is 0 Å². The number of carbonyl (C=O) groups excluding carboxylic acids is 1. The topological polar surface area (TPSA) is 61.4 Å². The molecule has 4 nitrogen and oxygen atoms in total. The smallest absolute Gasteiger partial charge is 0.225 e. The molecule has 2 fully saturated rings. The zero-order valence-electron chi connectivity index (χ0n) is 9.20. The molecule has 4 atom stereocenters. The van der Waals surface area contributed by atoms with Crippen LogP contribution in [0.4, 0.5) is 0 Å². The third-order valence-corrected chi connectivity index (χ3v) is 3.70. The maximum Gasteiger partial charge on any atom is 0.225 e. The molecule has 2 aliphatic heterocycles. The summed E-state index contributed by atoms with van der Waals surface area (Å²) in [7, 11) is 0. The van der Waals surface area contributed by atoms with Gasteiger partial charge >= 0.3 is 0 Å². The summed E-state index contributed by atoms with van der Waals surface area (Å²) in [5, 5.41) is 15.4. The number of carbonyl (C=O) groups is 1. The zero-order valence-corrected chi connectivity index (χ0v) is 9.20. The number of nitrogens with one attached hydrogen (secondary N) is 2. The van der Waals surface area contributed by atoms with Crippen LogP contribution in [0.25, 0.3) is 0 Å². The van der Waals surface area contributed by atoms with Crippen LogP contribution in [0.15, 0.2) is 0 Å². The summed E-state index contributed by atoms with van der Waals surface area (Å²) in [6, 6.07) is 0.864. The van der Waals surface area contributed by atoms with Gasteiger partial charge in [0.1, 0.15) is 0 Å². The number of hydrogen-bond acceptors (Lipinski definition) is 3. The number of aliphatic hydroxyl groups excluding tert-OH is 1. The molecule has 2 heterocycles. The molecule has 0 aliphatic carbocycles. The molecule has 86 valence electrons. The molecular formula is C11H20N2O2. The minimum absolute atomic E-state index is 0.0382. The average molecular weight is 212 g/mol. The molecule has 2 aliphatic rings. The first-order chi connectivity index (χ1) is 7.24. The minimum Gasteiger partial charge on any atom is -0.394 e. The summed E-state index contributed by atoms with van der Waals surface area (Å²) >= 11 is 0. The minimum atomic E-state index is -0.0726. The van der Waals surface area contributed by atoms with Crippen LogP contribution in [0.5, 0.6) is 0 Å². The van der Waals surface area contributed by atoms with Crippen molar-refractivity contribution in [2.45, 2.75) is 50.7 Å². The zero-order chi connectivity index (χ0) is 10.8. The summed E-state index contributed by atoms with van der Waals surface area (Å²) in [5.74, 6) is 0.250. The lowest BCUT2D eigenvalue weighted by molar-refractivity contribution is -0.126. The Morgan fingerprint density at radius 2 is 2.40 bits per heavy atom. The molecule has 3 unspecified atom stereocenters. The van der Waals surface area contributed by atoms with Gasteiger partial charge in [0, 0.05) is 12.1 Å². The Bertz CT molecular complexity index is 241. The van der Waals surface area contributed by atoms with Gasteiger partial charge in [-0.05, 0) is 25.7 Å². The summed E-state index contributed by atoms with van der Waals surface area (Å²) in [6.45, 7) is 2.01. The first-order valence-corrected chi connectivity index (χ1v) is 5.91. The molecule has 0 aromatic rings. The van der Waals surface area contributed by atoms with Crippen LogP contribution in [0.1, 0.15) is 32.6 Å². The molecule has 2 bridgehead atoms. The Balaban J connectivity index is 1.86. The molecule has 0 aromatic carbocycles. The molecule has 3 N–H and O–H groups in total. The highest BCUT2D eigenvalue weighted by Gasteiger charge is 2.42. The Kier molecular flexibility index (Phi) is 3.26. The van der Waals surface area contributed by atoms with E-state index in [1.165, 1.54) is 6.42 Å². The SMILES string of the molecule is CC[C@@H](CO)NC(=O)C1CC2CCC1N2. The standard InChI is InChI=1S/C11H20N2O2/c1-2-7(6-14)13-11(15)9-5-8-3-4-10(9)12-8/h7-10,12,14H,2-6H2,1H3,(H,13,15)/t7-,8?,9?,10?/m0/s1. The normalized spacial score (nSPS) is 35.5. The van der Waals surface area contributed by atoms with Crippen molar-refractivity contribution in [3.63, 3.8) is 0 Å². The summed E-state index contributed by atoms with van der Waals surface area (Å²) in [4.78, 5) is 11.9. The predicted octanol–water partition coefficient (Wildman–Crippen LogP) is 0.0140. The van der Waals surface area contributed by atoms with Gasteiger partial charge in [0.2, 0.25) is 5.91 Å². The van der Waals surface area contributed by atoms with E-state index in [2.05, 4.69) is 10.6 Å². The van der Waals surface area contributed by atoms with Gasteiger partial charge < -0.3 is 15.7 Å². The molecule has 2 rings (SSSR count). The van der Waals surface area contributed by atoms with E-state index in [-0.39, 0.29) is 24.5 Å². The van der Waals surface area contributed by atoms with Gasteiger partial charge in [0.05, 0.1) is 18.6 Å². The third-order valence-electron chi connectivity index (χ3n) is 3.70. The number of amides is 1. The molecule has 1 amide bonds. The lowest BCUT2D eigenvalue weighted by Gasteiger charge is -2.22. The molecular weight excluding hydrogens is 192 g/mol. The predicted molar refractivity (Wildman–Crippen MR) is 57.4 cm³/mol. The fraction of sp³-hybridized carbons (Fsp3) is 0.909. The molecule has 0 saturated carbocycles. The van der Waals surface area contributed by atoms with E-state index < -0.39 is 0 Å². The largest absolute Gasteiger partial charge is 0.394 e. The van der Waals surface area contributed by atoms with Crippen LogP contribution in [-0.4, -0.2) is 35.7 Å². The second-order valence-corrected chi connectivity index (χ2v) is 4.69. The maximum atomic E-state index is 11.9. The third kappa shape index (κ3) is 2.16. The highest BCUT2D eigenvalue weighted by Crippen LogP contribution is 2.33. The number of rotatable bonds is 4. The van der Waals surface area contributed by atoms with E-state index in [0.29, 0.717) is 12.1 Å². The quantitative estimate of drug-likeness (QED) is 0.615. The molecule has 0 aromatic heterocycles. The van der Waals surface area contributed by atoms with Gasteiger partial charge in [-0.25, -0.2) is 0 Å². The van der Waals surface area contributed by atoms with Gasteiger partial charge in [0.25, 0.3) is 0 Å². The Morgan fingerprint density at radius 3 is 2.87 bits per heavy atom. The number of aliphatic hydroxyl groups is 1. The summed E-state index contributed by atoms with van der Waals surface area (Å²) in [5.41, 5.74) is 0. The second kappa shape index (κ2) is 4.49. The molecule has 15 heavy (non-hydrogen) atoms. The second-order valence-electron chi connectivity index (χ2n) is 4.69. The van der Waals surface area contributed by atoms with Crippen LogP contribution in [-0.2, 0) is 4.79 Å². The van der Waals surface area contributed by atoms with Crippen LogP contribution in [0.3, 0.4) is 0 Å². The van der Waals surface area contributed by atoms with Gasteiger partial charge in [-0.2, -0.15) is 0 Å². The van der Waals surface area contributed by atoms with Crippen LogP contribution in [0.2, 0.25) is 0 Å². The van der Waals surface area contributed by atoms with Crippen molar-refractivity contribution in [2.75, 3.05) is 6.61 Å². The van der Waals surface area contributed by atoms with Gasteiger partial charge in [-0.3, -0.25) is 4.79 Å². The molecule has 0 radical (unpaired) electrons. The Hall–Kier alpha value is -0.610. The lowest BCUT2D eigenvalue weighted by Crippen LogP contribution is -2.44. The van der Waals surface area contributed by atoms with E-state index in [9.17, 15) is 4.79 Å². The molecule has 4 heteroatoms. The fourth-order valence-corrected chi connectivity index (χ4v) is 2.70. The van der Waals surface area contributed by atoms with Crippen molar-refractivity contribution < 1.29 is 9.90 Å². The van der Waals surface area contributed by atoms with Crippen molar-refractivity contribution in [1.29, 1.82) is 0 Å². The van der Waals surface area contributed by atoms with Gasteiger partial charge in [0.15, 0.2) is 0 Å². The molecule has 2 saturated heterocycles. The van der Waals surface area contributed by atoms with E-state index in [1.54, 1.807) is 0 Å². The van der Waals surface area contributed by atoms with Crippen molar-refractivity contribution in [3.05, 3.63) is 0 Å². The van der Waals surface area contributed by atoms with E-state index in [1.807, 2.05) is 6.92 Å². The van der Waals surface area contributed by atoms with Gasteiger partial charge in [-0.15, -0.1) is 0 Å². The first kappa shape index (κ1) is 10.9. The lowest BCUT2D eigenvalue weighted by atomic mass is 9.88. The maximum absolute atomic E-state index is 11.9. The summed E-state index contributed by atoms with van der Waals surface area (Å²) < 4.78 is 0. The highest BCUT2D eigenvalue weighted by molar-refractivity contribution is 5.80. The fourth-order valence-electron chi connectivity index (χ4n) is 2.70. The van der Waals surface area contributed by atoms with E-state index in [0.717, 1.165) is 19.3 Å². The first-order valence-electron chi connectivity index (χ1n) is 5.91. The Labute approximate surface area is 90.4 Å². The van der Waals surface area contributed by atoms with Gasteiger partial charge in [-0.1, -0.05) is 6.92 Å². The highest BCUT2D eigenvalue weighted by atomic mass is 16.3. The van der Waals surface area contributed by atoms with Crippen molar-refractivity contribution in [1.82, 2.24) is 10.6 Å². The van der Waals surface area contributed by atoms with Crippen LogP contribution in [0, 0.1) is 5.92 Å². The van der Waals surface area contributed by atoms with E-state index in [4.69, 9.17) is 5.11 Å². The van der Waals surface area contributed by atoms with Crippen LogP contribution < -0.4 is 10.6 Å².